The number of rotatable bonds is 1. The first-order chi connectivity index (χ1) is 6.68. The summed E-state index contributed by atoms with van der Waals surface area (Å²) in [6, 6.07) is 6.36. The topological polar surface area (TPSA) is 12.9 Å². The summed E-state index contributed by atoms with van der Waals surface area (Å²) in [4.78, 5) is 4.52. The lowest BCUT2D eigenvalue weighted by Crippen LogP contribution is -1.87. The molecule has 0 fully saturated rings. The third-order valence-corrected chi connectivity index (χ3v) is 3.13. The summed E-state index contributed by atoms with van der Waals surface area (Å²) in [6.45, 7) is 6.32. The summed E-state index contributed by atoms with van der Waals surface area (Å²) in [5.74, 6) is 0. The Morgan fingerprint density at radius 2 is 1.71 bits per heavy atom. The third kappa shape index (κ3) is 1.58. The zero-order chi connectivity index (χ0) is 10.1. The minimum absolute atomic E-state index is 1.11. The molecule has 1 aromatic heterocycles. The maximum absolute atomic E-state index is 4.52. The lowest BCUT2D eigenvalue weighted by atomic mass is 10.0. The predicted octanol–water partition coefficient (Wildman–Crippen LogP) is 3.74. The van der Waals surface area contributed by atoms with Crippen molar-refractivity contribution in [2.24, 2.45) is 0 Å². The zero-order valence-corrected chi connectivity index (χ0v) is 9.48. The quantitative estimate of drug-likeness (QED) is 0.688. The van der Waals surface area contributed by atoms with Crippen LogP contribution >= 0.6 is 11.3 Å². The van der Waals surface area contributed by atoms with Crippen molar-refractivity contribution in [3.63, 3.8) is 0 Å². The molecule has 0 saturated carbocycles. The van der Waals surface area contributed by atoms with Crippen LogP contribution in [0.4, 0.5) is 0 Å². The first-order valence-corrected chi connectivity index (χ1v) is 5.55. The molecule has 0 unspecified atom stereocenters. The second kappa shape index (κ2) is 3.54. The van der Waals surface area contributed by atoms with Gasteiger partial charge in [0.05, 0.1) is 10.7 Å². The Balaban J connectivity index is 2.61. The smallest absolute Gasteiger partial charge is 0.0901 e. The molecule has 1 nitrogen and oxygen atoms in total. The molecule has 0 radical (unpaired) electrons. The van der Waals surface area contributed by atoms with E-state index >= 15 is 0 Å². The fourth-order valence-corrected chi connectivity index (χ4v) is 2.30. The largest absolute Gasteiger partial charge is 0.242 e. The van der Waals surface area contributed by atoms with Crippen LogP contribution in [-0.2, 0) is 0 Å². The molecule has 0 atom stereocenters. The molecule has 0 aliphatic rings. The minimum atomic E-state index is 1.11. The van der Waals surface area contributed by atoms with E-state index in [-0.39, 0.29) is 0 Å². The average Bonchev–Trinajstić information content (AvgIpc) is 2.51. The van der Waals surface area contributed by atoms with Crippen LogP contribution in [0.5, 0.6) is 0 Å². The highest BCUT2D eigenvalue weighted by molar-refractivity contribution is 7.09. The Morgan fingerprint density at radius 1 is 1.07 bits per heavy atom. The maximum atomic E-state index is 4.52. The molecular formula is C12H13NS. The van der Waals surface area contributed by atoms with Gasteiger partial charge in [0.1, 0.15) is 0 Å². The Bertz CT molecular complexity index is 437. The molecule has 0 aliphatic carbocycles. The van der Waals surface area contributed by atoms with Gasteiger partial charge in [0.15, 0.2) is 0 Å². The van der Waals surface area contributed by atoms with E-state index in [0.29, 0.717) is 0 Å². The van der Waals surface area contributed by atoms with E-state index in [1.54, 1.807) is 11.3 Å². The van der Waals surface area contributed by atoms with Crippen LogP contribution in [0.1, 0.15) is 16.1 Å². The van der Waals surface area contributed by atoms with Crippen molar-refractivity contribution in [3.05, 3.63) is 39.7 Å². The van der Waals surface area contributed by atoms with Crippen molar-refractivity contribution >= 4 is 11.3 Å². The van der Waals surface area contributed by atoms with Crippen LogP contribution in [0.15, 0.2) is 23.6 Å². The number of nitrogens with zero attached hydrogens (tertiary/aromatic N) is 1. The summed E-state index contributed by atoms with van der Waals surface area (Å²) in [5.41, 5.74) is 5.01. The van der Waals surface area contributed by atoms with Gasteiger partial charge in [-0.15, -0.1) is 11.3 Å². The highest BCUT2D eigenvalue weighted by atomic mass is 32.1. The van der Waals surface area contributed by atoms with Gasteiger partial charge in [-0.25, -0.2) is 4.98 Å². The first-order valence-electron chi connectivity index (χ1n) is 4.67. The fourth-order valence-electron chi connectivity index (χ4n) is 1.70. The minimum Gasteiger partial charge on any atom is -0.242 e. The number of aryl methyl sites for hydroxylation is 3. The standard InChI is InChI=1S/C12H13NS/c1-8-5-4-6-9(2)12(8)11-7-14-10(3)13-11/h4-7H,1-3H3. The highest BCUT2D eigenvalue weighted by Crippen LogP contribution is 2.27. The molecule has 0 spiro atoms. The van der Waals surface area contributed by atoms with E-state index in [0.717, 1.165) is 10.7 Å². The Morgan fingerprint density at radius 3 is 2.21 bits per heavy atom. The van der Waals surface area contributed by atoms with Crippen LogP contribution in [0.25, 0.3) is 11.3 Å². The van der Waals surface area contributed by atoms with Crippen LogP contribution in [0.3, 0.4) is 0 Å². The van der Waals surface area contributed by atoms with Gasteiger partial charge >= 0.3 is 0 Å². The normalized spacial score (nSPS) is 10.5. The van der Waals surface area contributed by atoms with Crippen molar-refractivity contribution in [3.8, 4) is 11.3 Å². The summed E-state index contributed by atoms with van der Waals surface area (Å²) in [6.07, 6.45) is 0. The molecule has 0 bridgehead atoms. The molecule has 2 aromatic rings. The summed E-state index contributed by atoms with van der Waals surface area (Å²) in [5, 5.41) is 3.26. The van der Waals surface area contributed by atoms with Crippen molar-refractivity contribution < 1.29 is 0 Å². The lowest BCUT2D eigenvalue weighted by molar-refractivity contribution is 1.27. The predicted molar refractivity (Wildman–Crippen MR) is 61.8 cm³/mol. The Kier molecular flexibility index (Phi) is 2.38. The molecule has 0 N–H and O–H groups in total. The molecular weight excluding hydrogens is 190 g/mol. The van der Waals surface area contributed by atoms with Gasteiger partial charge in [-0.2, -0.15) is 0 Å². The lowest BCUT2D eigenvalue weighted by Gasteiger charge is -2.05. The second-order valence-electron chi connectivity index (χ2n) is 3.52. The molecule has 1 heterocycles. The molecule has 0 saturated heterocycles. The van der Waals surface area contributed by atoms with Gasteiger partial charge in [0, 0.05) is 10.9 Å². The number of hydrogen-bond donors (Lipinski definition) is 0. The average molecular weight is 203 g/mol. The van der Waals surface area contributed by atoms with E-state index in [1.807, 2.05) is 6.92 Å². The van der Waals surface area contributed by atoms with Gasteiger partial charge in [-0.1, -0.05) is 18.2 Å². The zero-order valence-electron chi connectivity index (χ0n) is 8.66. The van der Waals surface area contributed by atoms with E-state index < -0.39 is 0 Å². The van der Waals surface area contributed by atoms with Gasteiger partial charge in [0.25, 0.3) is 0 Å². The highest BCUT2D eigenvalue weighted by Gasteiger charge is 2.07. The molecule has 1 aromatic carbocycles. The van der Waals surface area contributed by atoms with E-state index in [2.05, 4.69) is 42.4 Å². The molecule has 14 heavy (non-hydrogen) atoms. The second-order valence-corrected chi connectivity index (χ2v) is 4.58. The van der Waals surface area contributed by atoms with Crippen LogP contribution in [0, 0.1) is 20.8 Å². The van der Waals surface area contributed by atoms with Gasteiger partial charge < -0.3 is 0 Å². The van der Waals surface area contributed by atoms with Crippen molar-refractivity contribution in [2.45, 2.75) is 20.8 Å². The summed E-state index contributed by atoms with van der Waals surface area (Å²) < 4.78 is 0. The molecule has 2 rings (SSSR count). The SMILES string of the molecule is Cc1nc(-c2c(C)cccc2C)cs1. The number of aromatic nitrogens is 1. The first kappa shape index (κ1) is 9.41. The monoisotopic (exact) mass is 203 g/mol. The molecule has 0 amide bonds. The number of hydrogen-bond acceptors (Lipinski definition) is 2. The fraction of sp³-hybridized carbons (Fsp3) is 0.250. The molecule has 72 valence electrons. The number of benzene rings is 1. The van der Waals surface area contributed by atoms with Gasteiger partial charge in [0.2, 0.25) is 0 Å². The van der Waals surface area contributed by atoms with E-state index in [9.17, 15) is 0 Å². The third-order valence-electron chi connectivity index (χ3n) is 2.36. The Hall–Kier alpha value is -1.15. The molecule has 0 aliphatic heterocycles. The van der Waals surface area contributed by atoms with Gasteiger partial charge in [-0.05, 0) is 31.9 Å². The van der Waals surface area contributed by atoms with E-state index in [1.165, 1.54) is 16.7 Å². The summed E-state index contributed by atoms with van der Waals surface area (Å²) >= 11 is 1.71. The summed E-state index contributed by atoms with van der Waals surface area (Å²) in [7, 11) is 0. The van der Waals surface area contributed by atoms with Crippen molar-refractivity contribution in [1.29, 1.82) is 0 Å². The molecule has 2 heteroatoms. The van der Waals surface area contributed by atoms with Gasteiger partial charge in [-0.3, -0.25) is 0 Å². The van der Waals surface area contributed by atoms with Crippen molar-refractivity contribution in [2.75, 3.05) is 0 Å². The van der Waals surface area contributed by atoms with Crippen LogP contribution < -0.4 is 0 Å². The van der Waals surface area contributed by atoms with Crippen LogP contribution in [0.2, 0.25) is 0 Å². The maximum Gasteiger partial charge on any atom is 0.0901 e. The van der Waals surface area contributed by atoms with E-state index in [4.69, 9.17) is 0 Å². The Labute approximate surface area is 88.4 Å². The van der Waals surface area contributed by atoms with Crippen LogP contribution in [-0.4, -0.2) is 4.98 Å². The number of thiazole rings is 1. The van der Waals surface area contributed by atoms with Crippen molar-refractivity contribution in [1.82, 2.24) is 4.98 Å².